The molecule has 5 aromatic rings. The van der Waals surface area contributed by atoms with Crippen LogP contribution in [0.4, 0.5) is 5.69 Å². The largest absolute Gasteiger partial charge is 0.351 e. The minimum absolute atomic E-state index is 0.0634. The van der Waals surface area contributed by atoms with Crippen molar-refractivity contribution in [3.63, 3.8) is 0 Å². The molecule has 1 aliphatic rings. The smallest absolute Gasteiger partial charge is 0.174 e. The van der Waals surface area contributed by atoms with E-state index in [9.17, 15) is 0 Å². The first-order chi connectivity index (χ1) is 16.7. The van der Waals surface area contributed by atoms with Crippen LogP contribution in [-0.4, -0.2) is 14.7 Å². The number of pyridine rings is 1. The average Bonchev–Trinajstić information content (AvgIpc) is 3.49. The number of anilines is 1. The first-order valence-corrected chi connectivity index (χ1v) is 11.8. The van der Waals surface area contributed by atoms with Gasteiger partial charge < -0.3 is 14.8 Å². The van der Waals surface area contributed by atoms with E-state index in [1.165, 1.54) is 16.3 Å². The van der Waals surface area contributed by atoms with Gasteiger partial charge in [-0.25, -0.2) is 0 Å². The molecule has 166 valence electrons. The number of rotatable bonds is 4. The maximum atomic E-state index is 5.88. The number of benzene rings is 3. The standard InChI is InChI=1S/C29H24N4S/c1-20-11-14-23(15-12-20)33-28(27(31-29(33)34)25-9-4-5-17-30-25)26-10-6-18-32(26)24-16-13-21-7-2-3-8-22(21)19-24/h2-19,27-28H,1H3,(H,31,34)/t27-,28-/m0/s1. The highest BCUT2D eigenvalue weighted by Gasteiger charge is 2.42. The van der Waals surface area contributed by atoms with Gasteiger partial charge in [0.2, 0.25) is 0 Å². The van der Waals surface area contributed by atoms with Crippen molar-refractivity contribution >= 4 is 33.8 Å². The van der Waals surface area contributed by atoms with Crippen LogP contribution in [0.1, 0.15) is 29.0 Å². The fraction of sp³-hybridized carbons (Fsp3) is 0.103. The molecule has 0 radical (unpaired) electrons. The molecule has 3 heterocycles. The average molecular weight is 461 g/mol. The molecular formula is C29H24N4S. The summed E-state index contributed by atoms with van der Waals surface area (Å²) >= 11 is 5.88. The van der Waals surface area contributed by atoms with E-state index < -0.39 is 0 Å². The molecule has 0 saturated carbocycles. The Morgan fingerprint density at radius 1 is 0.794 bits per heavy atom. The molecule has 34 heavy (non-hydrogen) atoms. The van der Waals surface area contributed by atoms with Gasteiger partial charge in [-0.1, -0.05) is 54.1 Å². The first-order valence-electron chi connectivity index (χ1n) is 11.4. The van der Waals surface area contributed by atoms with Crippen LogP contribution in [0.3, 0.4) is 0 Å². The van der Waals surface area contributed by atoms with Crippen LogP contribution in [-0.2, 0) is 0 Å². The normalized spacial score (nSPS) is 17.8. The van der Waals surface area contributed by atoms with Crippen LogP contribution < -0.4 is 10.2 Å². The fourth-order valence-corrected chi connectivity index (χ4v) is 5.18. The number of nitrogens with zero attached hydrogens (tertiary/aromatic N) is 3. The number of hydrogen-bond acceptors (Lipinski definition) is 2. The van der Waals surface area contributed by atoms with E-state index in [0.717, 1.165) is 22.8 Å². The molecule has 0 unspecified atom stereocenters. The van der Waals surface area contributed by atoms with Gasteiger partial charge in [-0.15, -0.1) is 0 Å². The topological polar surface area (TPSA) is 33.1 Å². The molecule has 1 fully saturated rings. The molecule has 5 heteroatoms. The number of thiocarbonyl (C=S) groups is 1. The Bertz CT molecular complexity index is 1470. The lowest BCUT2D eigenvalue weighted by atomic mass is 10.0. The Morgan fingerprint density at radius 3 is 2.35 bits per heavy atom. The SMILES string of the molecule is Cc1ccc(N2C(=S)N[C@@H](c3ccccn3)[C@@H]2c2cccn2-c2ccc3ccccc3c2)cc1. The van der Waals surface area contributed by atoms with E-state index in [1.807, 2.05) is 18.3 Å². The molecule has 6 rings (SSSR count). The van der Waals surface area contributed by atoms with Gasteiger partial charge in [0.25, 0.3) is 0 Å². The van der Waals surface area contributed by atoms with Crippen molar-refractivity contribution in [1.82, 2.24) is 14.9 Å². The number of aromatic nitrogens is 2. The summed E-state index contributed by atoms with van der Waals surface area (Å²) in [6, 6.07) is 33.8. The zero-order chi connectivity index (χ0) is 23.1. The molecule has 3 aromatic carbocycles. The predicted octanol–water partition coefficient (Wildman–Crippen LogP) is 6.51. The van der Waals surface area contributed by atoms with Crippen LogP contribution >= 0.6 is 12.2 Å². The lowest BCUT2D eigenvalue weighted by molar-refractivity contribution is 0.549. The van der Waals surface area contributed by atoms with Gasteiger partial charge in [0, 0.05) is 29.5 Å². The summed E-state index contributed by atoms with van der Waals surface area (Å²) in [4.78, 5) is 6.91. The number of fused-ring (bicyclic) bond motifs is 1. The fourth-order valence-electron chi connectivity index (χ4n) is 4.84. The molecule has 2 atom stereocenters. The van der Waals surface area contributed by atoms with E-state index in [0.29, 0.717) is 5.11 Å². The van der Waals surface area contributed by atoms with Crippen LogP contribution in [0.5, 0.6) is 0 Å². The molecule has 0 bridgehead atoms. The van der Waals surface area contributed by atoms with Crippen molar-refractivity contribution in [3.8, 4) is 5.69 Å². The van der Waals surface area contributed by atoms with Crippen molar-refractivity contribution in [2.45, 2.75) is 19.0 Å². The van der Waals surface area contributed by atoms with E-state index in [-0.39, 0.29) is 12.1 Å². The van der Waals surface area contributed by atoms with Gasteiger partial charge in [-0.2, -0.15) is 0 Å². The molecule has 4 nitrogen and oxygen atoms in total. The van der Waals surface area contributed by atoms with Gasteiger partial charge in [0.1, 0.15) is 6.04 Å². The van der Waals surface area contributed by atoms with Crippen molar-refractivity contribution in [2.24, 2.45) is 0 Å². The van der Waals surface area contributed by atoms with Gasteiger partial charge in [-0.05, 0) is 78.4 Å². The highest BCUT2D eigenvalue weighted by molar-refractivity contribution is 7.80. The second-order valence-corrected chi connectivity index (χ2v) is 9.05. The van der Waals surface area contributed by atoms with Crippen molar-refractivity contribution < 1.29 is 0 Å². The Balaban J connectivity index is 1.51. The third kappa shape index (κ3) is 3.55. The van der Waals surface area contributed by atoms with Crippen molar-refractivity contribution in [2.75, 3.05) is 4.90 Å². The number of hydrogen-bond donors (Lipinski definition) is 1. The summed E-state index contributed by atoms with van der Waals surface area (Å²) in [5.74, 6) is 0. The number of nitrogens with one attached hydrogen (secondary N) is 1. The van der Waals surface area contributed by atoms with Crippen LogP contribution in [0.2, 0.25) is 0 Å². The van der Waals surface area contributed by atoms with E-state index in [1.54, 1.807) is 0 Å². The monoisotopic (exact) mass is 460 g/mol. The molecule has 1 saturated heterocycles. The minimum atomic E-state index is -0.0795. The van der Waals surface area contributed by atoms with E-state index in [2.05, 4.69) is 118 Å². The van der Waals surface area contributed by atoms with E-state index >= 15 is 0 Å². The summed E-state index contributed by atoms with van der Waals surface area (Å²) in [6.07, 6.45) is 3.97. The summed E-state index contributed by atoms with van der Waals surface area (Å²) in [5, 5.41) is 6.72. The zero-order valence-electron chi connectivity index (χ0n) is 18.8. The zero-order valence-corrected chi connectivity index (χ0v) is 19.6. The molecule has 0 amide bonds. The highest BCUT2D eigenvalue weighted by Crippen LogP contribution is 2.42. The minimum Gasteiger partial charge on any atom is -0.351 e. The number of aryl methyl sites for hydroxylation is 1. The maximum absolute atomic E-state index is 5.88. The lowest BCUT2D eigenvalue weighted by Gasteiger charge is -2.29. The van der Waals surface area contributed by atoms with Gasteiger partial charge in [0.15, 0.2) is 5.11 Å². The molecule has 0 spiro atoms. The Kier molecular flexibility index (Phi) is 5.12. The van der Waals surface area contributed by atoms with Gasteiger partial charge >= 0.3 is 0 Å². The van der Waals surface area contributed by atoms with Gasteiger partial charge in [0.05, 0.1) is 11.7 Å². The Labute approximate surface area is 204 Å². The summed E-state index contributed by atoms with van der Waals surface area (Å²) in [5.41, 5.74) is 5.53. The second-order valence-electron chi connectivity index (χ2n) is 8.67. The maximum Gasteiger partial charge on any atom is 0.174 e. The van der Waals surface area contributed by atoms with E-state index in [4.69, 9.17) is 12.2 Å². The molecule has 2 aromatic heterocycles. The molecular weight excluding hydrogens is 436 g/mol. The van der Waals surface area contributed by atoms with Crippen LogP contribution in [0.15, 0.2) is 109 Å². The Morgan fingerprint density at radius 2 is 1.56 bits per heavy atom. The summed E-state index contributed by atoms with van der Waals surface area (Å²) in [7, 11) is 0. The Hall–Kier alpha value is -3.96. The first kappa shape index (κ1) is 20.6. The molecule has 1 aliphatic heterocycles. The van der Waals surface area contributed by atoms with Gasteiger partial charge in [-0.3, -0.25) is 4.98 Å². The van der Waals surface area contributed by atoms with Crippen LogP contribution in [0.25, 0.3) is 16.5 Å². The molecule has 1 N–H and O–H groups in total. The van der Waals surface area contributed by atoms with Crippen molar-refractivity contribution in [3.05, 3.63) is 126 Å². The third-order valence-electron chi connectivity index (χ3n) is 6.50. The van der Waals surface area contributed by atoms with Crippen LogP contribution in [0, 0.1) is 6.92 Å². The summed E-state index contributed by atoms with van der Waals surface area (Å²) < 4.78 is 2.27. The predicted molar refractivity (Wildman–Crippen MR) is 142 cm³/mol. The lowest BCUT2D eigenvalue weighted by Crippen LogP contribution is -2.30. The highest BCUT2D eigenvalue weighted by atomic mass is 32.1. The van der Waals surface area contributed by atoms with Crippen molar-refractivity contribution in [1.29, 1.82) is 0 Å². The third-order valence-corrected chi connectivity index (χ3v) is 6.82. The summed E-state index contributed by atoms with van der Waals surface area (Å²) in [6.45, 7) is 2.10. The second kappa shape index (κ2) is 8.43. The molecule has 0 aliphatic carbocycles. The quantitative estimate of drug-likeness (QED) is 0.310.